The molecule has 0 unspecified atom stereocenters. The zero-order valence-electron chi connectivity index (χ0n) is 14.5. The van der Waals surface area contributed by atoms with Crippen LogP contribution in [0.25, 0.3) is 0 Å². The lowest BCUT2D eigenvalue weighted by molar-refractivity contribution is -0.133. The Kier molecular flexibility index (Phi) is 6.01. The van der Waals surface area contributed by atoms with Gasteiger partial charge in [0.25, 0.3) is 0 Å². The first-order valence-corrected chi connectivity index (χ1v) is 8.52. The Morgan fingerprint density at radius 3 is 2.27 bits per heavy atom. The lowest BCUT2D eigenvalue weighted by Gasteiger charge is -2.32. The Bertz CT molecular complexity index is 486. The first kappa shape index (κ1) is 17.0. The van der Waals surface area contributed by atoms with Crippen molar-refractivity contribution in [2.24, 2.45) is 11.8 Å². The summed E-state index contributed by atoms with van der Waals surface area (Å²) in [5.74, 6) is 1.46. The second kappa shape index (κ2) is 7.77. The van der Waals surface area contributed by atoms with Crippen LogP contribution in [0.2, 0.25) is 0 Å². The van der Waals surface area contributed by atoms with E-state index in [1.54, 1.807) is 0 Å². The van der Waals surface area contributed by atoms with Gasteiger partial charge in [-0.3, -0.25) is 9.69 Å². The van der Waals surface area contributed by atoms with Gasteiger partial charge >= 0.3 is 0 Å². The van der Waals surface area contributed by atoms with Crippen LogP contribution in [0.3, 0.4) is 0 Å². The van der Waals surface area contributed by atoms with Crippen molar-refractivity contribution < 1.29 is 4.79 Å². The van der Waals surface area contributed by atoms with E-state index >= 15 is 0 Å². The third-order valence-corrected chi connectivity index (χ3v) is 4.09. The lowest BCUT2D eigenvalue weighted by atomic mass is 10.00. The van der Waals surface area contributed by atoms with Gasteiger partial charge in [0.15, 0.2) is 0 Å². The number of hydrogen-bond acceptors (Lipinski definition) is 2. The molecule has 3 nitrogen and oxygen atoms in total. The van der Waals surface area contributed by atoms with Crippen LogP contribution in [0.4, 0.5) is 0 Å². The zero-order valence-corrected chi connectivity index (χ0v) is 14.5. The summed E-state index contributed by atoms with van der Waals surface area (Å²) < 4.78 is 0. The van der Waals surface area contributed by atoms with Crippen LogP contribution in [0.5, 0.6) is 0 Å². The van der Waals surface area contributed by atoms with Gasteiger partial charge in [-0.1, -0.05) is 52.0 Å². The highest BCUT2D eigenvalue weighted by Crippen LogP contribution is 2.18. The molecule has 3 heteroatoms. The molecule has 22 heavy (non-hydrogen) atoms. The van der Waals surface area contributed by atoms with E-state index in [0.717, 1.165) is 32.6 Å². The molecule has 0 aliphatic carbocycles. The number of benzene rings is 1. The number of nitrogens with zero attached hydrogens (tertiary/aromatic N) is 2. The molecule has 1 amide bonds. The summed E-state index contributed by atoms with van der Waals surface area (Å²) in [4.78, 5) is 17.0. The van der Waals surface area contributed by atoms with Gasteiger partial charge in [-0.2, -0.15) is 0 Å². The van der Waals surface area contributed by atoms with Crippen molar-refractivity contribution >= 4 is 5.91 Å². The van der Waals surface area contributed by atoms with E-state index in [-0.39, 0.29) is 5.91 Å². The minimum Gasteiger partial charge on any atom is -0.337 e. The fourth-order valence-electron chi connectivity index (χ4n) is 3.24. The predicted octanol–water partition coefficient (Wildman–Crippen LogP) is 3.19. The summed E-state index contributed by atoms with van der Waals surface area (Å²) in [6, 6.07) is 8.48. The molecule has 2 rings (SSSR count). The van der Waals surface area contributed by atoms with E-state index in [1.165, 1.54) is 11.1 Å². The van der Waals surface area contributed by atoms with Crippen molar-refractivity contribution in [3.05, 3.63) is 35.4 Å². The molecule has 1 heterocycles. The van der Waals surface area contributed by atoms with E-state index in [4.69, 9.17) is 0 Å². The highest BCUT2D eigenvalue weighted by atomic mass is 16.2. The van der Waals surface area contributed by atoms with Crippen molar-refractivity contribution in [1.82, 2.24) is 9.80 Å². The van der Waals surface area contributed by atoms with Gasteiger partial charge < -0.3 is 4.90 Å². The molecule has 0 saturated carbocycles. The number of carbonyl (C=O) groups excluding carboxylic acids is 1. The molecule has 0 bridgehead atoms. The smallest absolute Gasteiger partial charge is 0.237 e. The fourth-order valence-corrected chi connectivity index (χ4v) is 3.24. The summed E-state index contributed by atoms with van der Waals surface area (Å²) in [6.07, 6.45) is 0.982. The van der Waals surface area contributed by atoms with Crippen LogP contribution in [-0.2, 0) is 17.8 Å². The number of amides is 1. The van der Waals surface area contributed by atoms with E-state index in [0.29, 0.717) is 18.4 Å². The van der Waals surface area contributed by atoms with E-state index in [1.807, 2.05) is 4.90 Å². The third-order valence-electron chi connectivity index (χ3n) is 4.09. The minimum atomic E-state index is 0.274. The number of hydrogen-bond donors (Lipinski definition) is 0. The summed E-state index contributed by atoms with van der Waals surface area (Å²) in [5, 5.41) is 0. The van der Waals surface area contributed by atoms with Crippen molar-refractivity contribution in [2.75, 3.05) is 26.2 Å². The van der Waals surface area contributed by atoms with Crippen LogP contribution in [0.15, 0.2) is 24.3 Å². The monoisotopic (exact) mass is 302 g/mol. The lowest BCUT2D eigenvalue weighted by Crippen LogP contribution is -2.44. The summed E-state index contributed by atoms with van der Waals surface area (Å²) in [5.41, 5.74) is 2.70. The Morgan fingerprint density at radius 2 is 1.68 bits per heavy atom. The third kappa shape index (κ3) is 4.84. The average molecular weight is 302 g/mol. The molecule has 1 aliphatic heterocycles. The van der Waals surface area contributed by atoms with Crippen LogP contribution < -0.4 is 0 Å². The van der Waals surface area contributed by atoms with Gasteiger partial charge in [-0.25, -0.2) is 0 Å². The molecule has 0 N–H and O–H groups in total. The van der Waals surface area contributed by atoms with Crippen LogP contribution in [-0.4, -0.2) is 41.9 Å². The topological polar surface area (TPSA) is 23.6 Å². The summed E-state index contributed by atoms with van der Waals surface area (Å²) in [7, 11) is 0. The van der Waals surface area contributed by atoms with Gasteiger partial charge in [0, 0.05) is 26.2 Å². The van der Waals surface area contributed by atoms with E-state index < -0.39 is 0 Å². The molecule has 1 aliphatic rings. The maximum absolute atomic E-state index is 12.7. The van der Waals surface area contributed by atoms with Crippen LogP contribution >= 0.6 is 0 Å². The molecule has 1 aromatic carbocycles. The van der Waals surface area contributed by atoms with Crippen molar-refractivity contribution in [1.29, 1.82) is 0 Å². The molecular weight excluding hydrogens is 272 g/mol. The van der Waals surface area contributed by atoms with E-state index in [2.05, 4.69) is 56.9 Å². The van der Waals surface area contributed by atoms with Crippen molar-refractivity contribution in [3.63, 3.8) is 0 Å². The Hall–Kier alpha value is -1.35. The van der Waals surface area contributed by atoms with Gasteiger partial charge in [0.05, 0.1) is 6.54 Å². The van der Waals surface area contributed by atoms with E-state index in [9.17, 15) is 4.79 Å². The summed E-state index contributed by atoms with van der Waals surface area (Å²) >= 11 is 0. The molecule has 0 saturated heterocycles. The van der Waals surface area contributed by atoms with Gasteiger partial charge in [-0.15, -0.1) is 0 Å². The Labute approximate surface area is 135 Å². The SMILES string of the molecule is CC(C)CN(CC(=O)N1CCc2ccccc2C1)CC(C)C. The molecule has 0 radical (unpaired) electrons. The van der Waals surface area contributed by atoms with Crippen LogP contribution in [0.1, 0.15) is 38.8 Å². The first-order valence-electron chi connectivity index (χ1n) is 8.52. The predicted molar refractivity (Wildman–Crippen MR) is 91.7 cm³/mol. The maximum Gasteiger partial charge on any atom is 0.237 e. The highest BCUT2D eigenvalue weighted by molar-refractivity contribution is 5.78. The minimum absolute atomic E-state index is 0.274. The van der Waals surface area contributed by atoms with Gasteiger partial charge in [0.2, 0.25) is 5.91 Å². The van der Waals surface area contributed by atoms with Crippen molar-refractivity contribution in [2.45, 2.75) is 40.7 Å². The van der Waals surface area contributed by atoms with Gasteiger partial charge in [0.1, 0.15) is 0 Å². The number of rotatable bonds is 6. The average Bonchev–Trinajstić information content (AvgIpc) is 2.45. The standard InChI is InChI=1S/C19H30N2O/c1-15(2)11-20(12-16(3)4)14-19(22)21-10-9-17-7-5-6-8-18(17)13-21/h5-8,15-16H,9-14H2,1-4H3. The second-order valence-electron chi connectivity index (χ2n) is 7.32. The molecule has 0 aromatic heterocycles. The Morgan fingerprint density at radius 1 is 1.09 bits per heavy atom. The maximum atomic E-state index is 12.7. The largest absolute Gasteiger partial charge is 0.337 e. The highest BCUT2D eigenvalue weighted by Gasteiger charge is 2.22. The molecule has 0 spiro atoms. The number of carbonyl (C=O) groups is 1. The molecule has 122 valence electrons. The first-order chi connectivity index (χ1) is 10.5. The van der Waals surface area contributed by atoms with Gasteiger partial charge in [-0.05, 0) is 29.4 Å². The zero-order chi connectivity index (χ0) is 16.1. The van der Waals surface area contributed by atoms with Crippen LogP contribution in [0, 0.1) is 11.8 Å². The molecular formula is C19H30N2O. The molecule has 0 atom stereocenters. The number of fused-ring (bicyclic) bond motifs is 1. The quantitative estimate of drug-likeness (QED) is 0.806. The second-order valence-corrected chi connectivity index (χ2v) is 7.32. The molecule has 0 fully saturated rings. The Balaban J connectivity index is 1.96. The fraction of sp³-hybridized carbons (Fsp3) is 0.632. The summed E-state index contributed by atoms with van der Waals surface area (Å²) in [6.45, 7) is 13.0. The molecule has 1 aromatic rings. The van der Waals surface area contributed by atoms with Crippen molar-refractivity contribution in [3.8, 4) is 0 Å². The normalized spacial score (nSPS) is 14.8.